The van der Waals surface area contributed by atoms with Gasteiger partial charge in [-0.15, -0.1) is 0 Å². The van der Waals surface area contributed by atoms with Crippen molar-refractivity contribution in [2.45, 2.75) is 64.0 Å². The number of hydrogen-bond donors (Lipinski definition) is 0. The minimum absolute atomic E-state index is 0.0638. The van der Waals surface area contributed by atoms with Gasteiger partial charge in [0.05, 0.1) is 6.04 Å². The van der Waals surface area contributed by atoms with Gasteiger partial charge >= 0.3 is 0 Å². The van der Waals surface area contributed by atoms with Crippen LogP contribution in [0.4, 0.5) is 10.2 Å². The number of hydrogen-bond acceptors (Lipinski definition) is 5. The van der Waals surface area contributed by atoms with Crippen molar-refractivity contribution in [1.82, 2.24) is 14.9 Å². The van der Waals surface area contributed by atoms with Crippen LogP contribution in [0.2, 0.25) is 0 Å². The zero-order valence-corrected chi connectivity index (χ0v) is 18.2. The number of nitrogens with zero attached hydrogens (tertiary/aromatic N) is 4. The predicted octanol–water partition coefficient (Wildman–Crippen LogP) is 3.50. The van der Waals surface area contributed by atoms with E-state index in [1.807, 2.05) is 11.8 Å². The summed E-state index contributed by atoms with van der Waals surface area (Å²) in [6.07, 6.45) is 5.77. The maximum atomic E-state index is 13.9. The van der Waals surface area contributed by atoms with Crippen LogP contribution in [0, 0.1) is 12.7 Å². The molecule has 0 radical (unpaired) electrons. The molecule has 32 heavy (non-hydrogen) atoms. The molecule has 1 saturated heterocycles. The number of carbonyl (C=O) groups is 2. The highest BCUT2D eigenvalue weighted by molar-refractivity contribution is 5.96. The zero-order chi connectivity index (χ0) is 22.2. The van der Waals surface area contributed by atoms with E-state index < -0.39 is 5.82 Å². The summed E-state index contributed by atoms with van der Waals surface area (Å²) in [5, 5.41) is 0. The van der Waals surface area contributed by atoms with Crippen LogP contribution in [0.3, 0.4) is 0 Å². The van der Waals surface area contributed by atoms with Gasteiger partial charge in [0.25, 0.3) is 5.91 Å². The van der Waals surface area contributed by atoms with Crippen molar-refractivity contribution in [3.05, 3.63) is 47.2 Å². The van der Waals surface area contributed by atoms with Gasteiger partial charge in [0.15, 0.2) is 24.0 Å². The van der Waals surface area contributed by atoms with Crippen LogP contribution in [0.25, 0.3) is 0 Å². The molecule has 1 aromatic carbocycles. The van der Waals surface area contributed by atoms with Crippen molar-refractivity contribution >= 4 is 17.6 Å². The van der Waals surface area contributed by atoms with E-state index in [0.29, 0.717) is 25.2 Å². The molecule has 1 atom stereocenters. The lowest BCUT2D eigenvalue weighted by Gasteiger charge is -2.36. The molecule has 3 aliphatic rings. The Labute approximate surface area is 186 Å². The number of fused-ring (bicyclic) bond motifs is 1. The normalized spacial score (nSPS) is 20.8. The number of piperidine rings is 1. The van der Waals surface area contributed by atoms with Crippen molar-refractivity contribution in [3.63, 3.8) is 0 Å². The summed E-state index contributed by atoms with van der Waals surface area (Å²) in [6, 6.07) is 6.03. The van der Waals surface area contributed by atoms with Crippen molar-refractivity contribution < 1.29 is 18.7 Å². The van der Waals surface area contributed by atoms with Gasteiger partial charge in [-0.05, 0) is 57.6 Å². The molecule has 8 heteroatoms. The Bertz CT molecular complexity index is 1060. The molecule has 1 aromatic heterocycles. The third-order valence-corrected chi connectivity index (χ3v) is 6.52. The van der Waals surface area contributed by atoms with Crippen molar-refractivity contribution in [1.29, 1.82) is 0 Å². The third kappa shape index (κ3) is 3.94. The number of para-hydroxylation sites is 1. The molecule has 2 aromatic rings. The molecule has 1 saturated carbocycles. The van der Waals surface area contributed by atoms with Gasteiger partial charge < -0.3 is 9.64 Å². The number of likely N-dealkylation sites (tertiary alicyclic amines) is 1. The van der Waals surface area contributed by atoms with E-state index in [1.165, 1.54) is 12.1 Å². The Morgan fingerprint density at radius 2 is 1.97 bits per heavy atom. The molecule has 2 amide bonds. The maximum Gasteiger partial charge on any atom is 0.261 e. The van der Waals surface area contributed by atoms with Crippen LogP contribution in [-0.4, -0.2) is 45.9 Å². The molecule has 1 aliphatic carbocycles. The summed E-state index contributed by atoms with van der Waals surface area (Å²) in [6.45, 7) is 2.30. The van der Waals surface area contributed by atoms with E-state index in [0.717, 1.165) is 49.2 Å². The molecular weight excluding hydrogens is 411 g/mol. The van der Waals surface area contributed by atoms with Crippen molar-refractivity contribution in [3.8, 4) is 5.75 Å². The van der Waals surface area contributed by atoms with Crippen LogP contribution in [0.15, 0.2) is 24.3 Å². The number of halogens is 1. The number of rotatable bonds is 5. The van der Waals surface area contributed by atoms with Crippen molar-refractivity contribution in [2.75, 3.05) is 18.1 Å². The first kappa shape index (κ1) is 20.8. The highest BCUT2D eigenvalue weighted by Crippen LogP contribution is 2.39. The number of carbonyl (C=O) groups excluding carboxylic acids is 2. The number of ether oxygens (including phenoxy) is 1. The highest BCUT2D eigenvalue weighted by Gasteiger charge is 2.40. The summed E-state index contributed by atoms with van der Waals surface area (Å²) in [5.74, 6) is 0.793. The molecule has 0 spiro atoms. The van der Waals surface area contributed by atoms with Crippen LogP contribution in [0.5, 0.6) is 5.75 Å². The lowest BCUT2D eigenvalue weighted by Crippen LogP contribution is -2.43. The number of amides is 2. The molecule has 2 aliphatic heterocycles. The quantitative estimate of drug-likeness (QED) is 0.714. The topological polar surface area (TPSA) is 75.6 Å². The first-order valence-corrected chi connectivity index (χ1v) is 11.4. The summed E-state index contributed by atoms with van der Waals surface area (Å²) in [4.78, 5) is 38.9. The van der Waals surface area contributed by atoms with E-state index >= 15 is 0 Å². The second kappa shape index (κ2) is 8.48. The van der Waals surface area contributed by atoms with E-state index in [2.05, 4.69) is 0 Å². The average Bonchev–Trinajstić information content (AvgIpc) is 3.63. The smallest absolute Gasteiger partial charge is 0.261 e. The van der Waals surface area contributed by atoms with Gasteiger partial charge in [-0.2, -0.15) is 0 Å². The molecule has 7 nitrogen and oxygen atoms in total. The lowest BCUT2D eigenvalue weighted by molar-refractivity contribution is -0.137. The number of benzene rings is 1. The molecule has 0 unspecified atom stereocenters. The van der Waals surface area contributed by atoms with E-state index in [9.17, 15) is 14.0 Å². The largest absolute Gasteiger partial charge is 0.481 e. The van der Waals surface area contributed by atoms with E-state index in [-0.39, 0.29) is 36.3 Å². The number of aromatic nitrogens is 2. The van der Waals surface area contributed by atoms with E-state index in [4.69, 9.17) is 14.7 Å². The molecule has 0 N–H and O–H groups in total. The monoisotopic (exact) mass is 438 g/mol. The fourth-order valence-electron chi connectivity index (χ4n) is 4.71. The van der Waals surface area contributed by atoms with Gasteiger partial charge in [0.1, 0.15) is 5.82 Å². The molecule has 0 bridgehead atoms. The average molecular weight is 439 g/mol. The lowest BCUT2D eigenvalue weighted by atomic mass is 9.99. The van der Waals surface area contributed by atoms with Gasteiger partial charge in [0.2, 0.25) is 5.91 Å². The Hall–Kier alpha value is -3.03. The Balaban J connectivity index is 1.40. The Morgan fingerprint density at radius 3 is 2.75 bits per heavy atom. The fourth-order valence-corrected chi connectivity index (χ4v) is 4.71. The maximum absolute atomic E-state index is 13.9. The standard InChI is InChI=1S/C24H27FN4O3/c1-15-17-11-12-21(30)29(16-9-10-16)24(17)27-23(26-15)19-7-4-5-13-28(19)22(31)14-32-20-8-3-2-6-18(20)25/h2-3,6,8,16,19H,4-5,7,9-14H2,1H3/t19-/m0/s1. The third-order valence-electron chi connectivity index (χ3n) is 6.52. The van der Waals surface area contributed by atoms with Gasteiger partial charge in [0, 0.05) is 30.3 Å². The molecule has 3 heterocycles. The minimum atomic E-state index is -0.492. The number of anilines is 1. The Morgan fingerprint density at radius 1 is 1.16 bits per heavy atom. The van der Waals surface area contributed by atoms with E-state index in [1.54, 1.807) is 17.0 Å². The van der Waals surface area contributed by atoms with Crippen molar-refractivity contribution in [2.24, 2.45) is 0 Å². The van der Waals surface area contributed by atoms with Gasteiger partial charge in [-0.1, -0.05) is 12.1 Å². The van der Waals surface area contributed by atoms with Gasteiger partial charge in [-0.25, -0.2) is 14.4 Å². The SMILES string of the molecule is Cc1nc([C@@H]2CCCCN2C(=O)COc2ccccc2F)nc2c1CCC(=O)N2C1CC1. The second-order valence-electron chi connectivity index (χ2n) is 8.78. The summed E-state index contributed by atoms with van der Waals surface area (Å²) < 4.78 is 19.3. The Kier molecular flexibility index (Phi) is 5.53. The molecular formula is C24H27FN4O3. The summed E-state index contributed by atoms with van der Waals surface area (Å²) in [7, 11) is 0. The zero-order valence-electron chi connectivity index (χ0n) is 18.2. The highest BCUT2D eigenvalue weighted by atomic mass is 19.1. The fraction of sp³-hybridized carbons (Fsp3) is 0.500. The second-order valence-corrected chi connectivity index (χ2v) is 8.78. The molecule has 168 valence electrons. The number of aryl methyl sites for hydroxylation is 1. The van der Waals surface area contributed by atoms with Gasteiger partial charge in [-0.3, -0.25) is 14.5 Å². The molecule has 5 rings (SSSR count). The van der Waals surface area contributed by atoms with Crippen LogP contribution in [0.1, 0.15) is 61.6 Å². The summed E-state index contributed by atoms with van der Waals surface area (Å²) >= 11 is 0. The first-order valence-electron chi connectivity index (χ1n) is 11.4. The minimum Gasteiger partial charge on any atom is -0.481 e. The summed E-state index contributed by atoms with van der Waals surface area (Å²) in [5.41, 5.74) is 1.92. The molecule has 2 fully saturated rings. The predicted molar refractivity (Wildman–Crippen MR) is 116 cm³/mol. The van der Waals surface area contributed by atoms with Crippen LogP contribution in [-0.2, 0) is 16.0 Å². The first-order chi connectivity index (χ1) is 15.5. The van der Waals surface area contributed by atoms with Crippen LogP contribution < -0.4 is 9.64 Å². The van der Waals surface area contributed by atoms with Crippen LogP contribution >= 0.6 is 0 Å².